The molecule has 7 nitrogen and oxygen atoms in total. The summed E-state index contributed by atoms with van der Waals surface area (Å²) in [5.74, 6) is -0.622. The summed E-state index contributed by atoms with van der Waals surface area (Å²) in [6, 6.07) is 7.00. The van der Waals surface area contributed by atoms with Gasteiger partial charge < -0.3 is 10.2 Å². The van der Waals surface area contributed by atoms with Gasteiger partial charge in [0.15, 0.2) is 5.13 Å². The van der Waals surface area contributed by atoms with E-state index in [1.54, 1.807) is 34.5 Å². The number of hydroxylamine groups is 1. The highest BCUT2D eigenvalue weighted by Gasteiger charge is 2.27. The van der Waals surface area contributed by atoms with E-state index in [-0.39, 0.29) is 24.4 Å². The molecule has 0 saturated carbocycles. The molecule has 3 rings (SSSR count). The van der Waals surface area contributed by atoms with Gasteiger partial charge in [0.05, 0.1) is 5.69 Å². The standard InChI is InChI=1S/C17H17ClN4O3S.ClH/c18-12-3-1-11(2-4-12)16(24)22-8-7-13(9-22)19-17-20-14(10-26-17)5-6-15(23)21-25;/h1-6,10,13,25H,7-9H2,(H,19,20)(H,21,23);1H. The molecule has 1 saturated heterocycles. The van der Waals surface area contributed by atoms with Gasteiger partial charge in [0, 0.05) is 41.2 Å². The van der Waals surface area contributed by atoms with Gasteiger partial charge in [-0.05, 0) is 36.8 Å². The summed E-state index contributed by atoms with van der Waals surface area (Å²) in [6.45, 7) is 1.27. The molecule has 2 heterocycles. The number of benzene rings is 1. The van der Waals surface area contributed by atoms with Crippen LogP contribution in [0.4, 0.5) is 5.13 Å². The molecule has 0 radical (unpaired) electrons. The number of aromatic nitrogens is 1. The van der Waals surface area contributed by atoms with Gasteiger partial charge in [-0.15, -0.1) is 23.7 Å². The largest absolute Gasteiger partial charge is 0.357 e. The predicted octanol–water partition coefficient (Wildman–Crippen LogP) is 3.06. The zero-order valence-corrected chi connectivity index (χ0v) is 16.5. The monoisotopic (exact) mass is 428 g/mol. The van der Waals surface area contributed by atoms with Crippen LogP contribution in [0.15, 0.2) is 35.7 Å². The van der Waals surface area contributed by atoms with Crippen molar-refractivity contribution < 1.29 is 14.8 Å². The number of hydrogen-bond acceptors (Lipinski definition) is 6. The number of amides is 2. The quantitative estimate of drug-likeness (QED) is 0.386. The fraction of sp³-hybridized carbons (Fsp3) is 0.235. The molecule has 1 atom stereocenters. The van der Waals surface area contributed by atoms with Crippen LogP contribution < -0.4 is 10.8 Å². The van der Waals surface area contributed by atoms with Crippen LogP contribution in [0, 0.1) is 0 Å². The molecule has 10 heteroatoms. The molecule has 3 N–H and O–H groups in total. The third-order valence-electron chi connectivity index (χ3n) is 3.93. The van der Waals surface area contributed by atoms with Crippen LogP contribution in [0.1, 0.15) is 22.5 Å². The van der Waals surface area contributed by atoms with Crippen molar-refractivity contribution in [1.29, 1.82) is 0 Å². The van der Waals surface area contributed by atoms with Crippen molar-refractivity contribution in [2.75, 3.05) is 18.4 Å². The number of likely N-dealkylation sites (tertiary alicyclic amines) is 1. The number of thiazole rings is 1. The molecule has 1 unspecified atom stereocenters. The minimum absolute atomic E-state index is 0. The number of halogens is 2. The Kier molecular flexibility index (Phi) is 7.61. The Hall–Kier alpha value is -2.13. The van der Waals surface area contributed by atoms with Crippen LogP contribution in [0.25, 0.3) is 6.08 Å². The van der Waals surface area contributed by atoms with E-state index >= 15 is 0 Å². The minimum Gasteiger partial charge on any atom is -0.357 e. The SMILES string of the molecule is Cl.O=C(C=Cc1csc(NC2CCN(C(=O)c3ccc(Cl)cc3)C2)n1)NO. The Morgan fingerprint density at radius 3 is 2.78 bits per heavy atom. The Bertz CT molecular complexity index is 826. The molecular weight excluding hydrogens is 411 g/mol. The zero-order chi connectivity index (χ0) is 18.5. The minimum atomic E-state index is -0.611. The summed E-state index contributed by atoms with van der Waals surface area (Å²) in [5, 5.41) is 14.9. The van der Waals surface area contributed by atoms with Gasteiger partial charge >= 0.3 is 0 Å². The first kappa shape index (κ1) is 21.2. The van der Waals surface area contributed by atoms with Crippen LogP contribution in [0.2, 0.25) is 5.02 Å². The molecule has 0 spiro atoms. The second kappa shape index (κ2) is 9.70. The van der Waals surface area contributed by atoms with Crippen LogP contribution in [0.5, 0.6) is 0 Å². The van der Waals surface area contributed by atoms with E-state index in [0.717, 1.165) is 11.6 Å². The summed E-state index contributed by atoms with van der Waals surface area (Å²) >= 11 is 7.28. The normalized spacial score (nSPS) is 16.2. The van der Waals surface area contributed by atoms with E-state index in [1.807, 2.05) is 0 Å². The fourth-order valence-corrected chi connectivity index (χ4v) is 3.52. The van der Waals surface area contributed by atoms with Gasteiger partial charge in [-0.3, -0.25) is 14.8 Å². The maximum absolute atomic E-state index is 12.5. The van der Waals surface area contributed by atoms with Crippen molar-refractivity contribution in [2.45, 2.75) is 12.5 Å². The van der Waals surface area contributed by atoms with Crippen molar-refractivity contribution in [3.8, 4) is 0 Å². The second-order valence-electron chi connectivity index (χ2n) is 5.77. The Labute approximate surface area is 171 Å². The number of nitrogens with one attached hydrogen (secondary N) is 2. The number of carbonyl (C=O) groups excluding carboxylic acids is 2. The average Bonchev–Trinajstić information content (AvgIpc) is 3.29. The van der Waals surface area contributed by atoms with Crippen LogP contribution in [-0.4, -0.2) is 46.0 Å². The van der Waals surface area contributed by atoms with E-state index in [2.05, 4.69) is 10.3 Å². The first-order chi connectivity index (χ1) is 12.5. The Morgan fingerprint density at radius 2 is 2.07 bits per heavy atom. The van der Waals surface area contributed by atoms with E-state index < -0.39 is 5.91 Å². The molecule has 0 aliphatic carbocycles. The summed E-state index contributed by atoms with van der Waals surface area (Å²) in [5.41, 5.74) is 2.76. The third-order valence-corrected chi connectivity index (χ3v) is 4.98. The molecule has 1 aromatic carbocycles. The lowest BCUT2D eigenvalue weighted by atomic mass is 10.2. The van der Waals surface area contributed by atoms with Gasteiger partial charge in [0.2, 0.25) is 0 Å². The van der Waals surface area contributed by atoms with Crippen molar-refractivity contribution in [2.24, 2.45) is 0 Å². The Morgan fingerprint density at radius 1 is 1.33 bits per heavy atom. The number of anilines is 1. The van der Waals surface area contributed by atoms with Gasteiger partial charge in [-0.1, -0.05) is 11.6 Å². The average molecular weight is 429 g/mol. The summed E-state index contributed by atoms with van der Waals surface area (Å²) < 4.78 is 0. The van der Waals surface area contributed by atoms with Crippen molar-refractivity contribution in [1.82, 2.24) is 15.4 Å². The molecular formula is C17H18Cl2N4O3S. The summed E-state index contributed by atoms with van der Waals surface area (Å²) in [6.07, 6.45) is 3.54. The molecule has 1 fully saturated rings. The molecule has 1 aromatic heterocycles. The van der Waals surface area contributed by atoms with Gasteiger partial charge in [0.25, 0.3) is 11.8 Å². The predicted molar refractivity (Wildman–Crippen MR) is 108 cm³/mol. The van der Waals surface area contributed by atoms with Crippen LogP contribution in [-0.2, 0) is 4.79 Å². The fourth-order valence-electron chi connectivity index (χ4n) is 2.64. The molecule has 1 aliphatic rings. The highest BCUT2D eigenvalue weighted by Crippen LogP contribution is 2.22. The number of rotatable bonds is 5. The summed E-state index contributed by atoms with van der Waals surface area (Å²) in [4.78, 5) is 29.7. The van der Waals surface area contributed by atoms with Crippen LogP contribution in [0.3, 0.4) is 0 Å². The molecule has 0 bridgehead atoms. The maximum Gasteiger partial charge on any atom is 0.267 e. The summed E-state index contributed by atoms with van der Waals surface area (Å²) in [7, 11) is 0. The second-order valence-corrected chi connectivity index (χ2v) is 7.07. The Balaban J connectivity index is 0.00000261. The lowest BCUT2D eigenvalue weighted by Crippen LogP contribution is -2.31. The van der Waals surface area contributed by atoms with E-state index in [1.165, 1.54) is 29.0 Å². The lowest BCUT2D eigenvalue weighted by Gasteiger charge is -2.17. The molecule has 1 aliphatic heterocycles. The molecule has 27 heavy (non-hydrogen) atoms. The number of carbonyl (C=O) groups is 2. The van der Waals surface area contributed by atoms with E-state index in [4.69, 9.17) is 16.8 Å². The smallest absolute Gasteiger partial charge is 0.267 e. The first-order valence-corrected chi connectivity index (χ1v) is 9.20. The lowest BCUT2D eigenvalue weighted by molar-refractivity contribution is -0.124. The topological polar surface area (TPSA) is 94.6 Å². The first-order valence-electron chi connectivity index (χ1n) is 7.94. The van der Waals surface area contributed by atoms with E-state index in [0.29, 0.717) is 29.4 Å². The van der Waals surface area contributed by atoms with Gasteiger partial charge in [-0.25, -0.2) is 10.5 Å². The van der Waals surface area contributed by atoms with Crippen molar-refractivity contribution in [3.63, 3.8) is 0 Å². The number of hydrogen-bond donors (Lipinski definition) is 3. The maximum atomic E-state index is 12.5. The highest BCUT2D eigenvalue weighted by molar-refractivity contribution is 7.13. The van der Waals surface area contributed by atoms with Crippen molar-refractivity contribution >= 4 is 58.4 Å². The van der Waals surface area contributed by atoms with Gasteiger partial charge in [0.1, 0.15) is 0 Å². The van der Waals surface area contributed by atoms with E-state index in [9.17, 15) is 9.59 Å². The molecule has 144 valence electrons. The van der Waals surface area contributed by atoms with Gasteiger partial charge in [-0.2, -0.15) is 0 Å². The number of nitrogens with zero attached hydrogens (tertiary/aromatic N) is 2. The third kappa shape index (κ3) is 5.67. The molecule has 2 aromatic rings. The highest BCUT2D eigenvalue weighted by atomic mass is 35.5. The van der Waals surface area contributed by atoms with Crippen LogP contribution >= 0.6 is 35.3 Å². The molecule has 2 amide bonds. The van der Waals surface area contributed by atoms with Crippen molar-refractivity contribution in [3.05, 3.63) is 52.0 Å². The zero-order valence-electron chi connectivity index (χ0n) is 14.1.